The van der Waals surface area contributed by atoms with Gasteiger partial charge in [0, 0.05) is 12.0 Å². The van der Waals surface area contributed by atoms with Gasteiger partial charge in [-0.05, 0) is 20.4 Å². The second-order valence-corrected chi connectivity index (χ2v) is 11.8. The molecule has 2 N–H and O–H groups in total. The number of esters is 1. The van der Waals surface area contributed by atoms with Crippen molar-refractivity contribution in [2.75, 3.05) is 18.5 Å². The molecule has 0 unspecified atom stereocenters. The number of anilines is 2. The van der Waals surface area contributed by atoms with Crippen LogP contribution in [0, 0.1) is 6.92 Å². The second-order valence-electron chi connectivity index (χ2n) is 8.92. The van der Waals surface area contributed by atoms with Gasteiger partial charge in [0.05, 0.1) is 0 Å². The van der Waals surface area contributed by atoms with E-state index in [1.807, 2.05) is 35.7 Å². The summed E-state index contributed by atoms with van der Waals surface area (Å²) in [7, 11) is 0. The van der Waals surface area contributed by atoms with Gasteiger partial charge in [0.2, 0.25) is 0 Å². The Morgan fingerprint density at radius 2 is 2.17 bits per heavy atom. The van der Waals surface area contributed by atoms with Crippen molar-refractivity contribution in [3.8, 4) is 0 Å². The van der Waals surface area contributed by atoms with E-state index in [9.17, 15) is 4.79 Å². The van der Waals surface area contributed by atoms with Gasteiger partial charge in [-0.15, -0.1) is 0 Å². The predicted molar refractivity (Wildman–Crippen MR) is 142 cm³/mol. The molecular formula is C25H35IN7O2S-. The van der Waals surface area contributed by atoms with E-state index in [-0.39, 0.29) is 33.0 Å². The molecule has 11 heteroatoms. The molecular weight excluding hydrogens is 589 g/mol. The number of imidazole rings is 1. The van der Waals surface area contributed by atoms with Gasteiger partial charge in [0.1, 0.15) is 6.61 Å². The van der Waals surface area contributed by atoms with Gasteiger partial charge < -0.3 is 4.74 Å². The summed E-state index contributed by atoms with van der Waals surface area (Å²) in [6.07, 6.45) is 6.26. The maximum absolute atomic E-state index is 11.6. The summed E-state index contributed by atoms with van der Waals surface area (Å²) >= 11 is 1.15. The first-order valence-corrected chi connectivity index (χ1v) is 14.9. The Bertz CT molecular complexity index is 1230. The number of hydrogen-bond donors (Lipinski definition) is 2. The molecule has 0 radical (unpaired) electrons. The van der Waals surface area contributed by atoms with E-state index < -0.39 is 0 Å². The summed E-state index contributed by atoms with van der Waals surface area (Å²) in [6.45, 7) is 17.7. The first-order chi connectivity index (χ1) is 17.2. The summed E-state index contributed by atoms with van der Waals surface area (Å²) in [5, 5.41) is 4.32. The fourth-order valence-electron chi connectivity index (χ4n) is 3.68. The third kappa shape index (κ3) is 7.04. The van der Waals surface area contributed by atoms with Crippen LogP contribution in [0.1, 0.15) is 58.1 Å². The summed E-state index contributed by atoms with van der Waals surface area (Å²) in [5.41, 5.74) is 4.38. The van der Waals surface area contributed by atoms with Crippen molar-refractivity contribution in [1.82, 2.24) is 27.2 Å². The number of carbonyl (C=O) groups is 1. The Morgan fingerprint density at radius 1 is 1.39 bits per heavy atom. The molecule has 196 valence electrons. The minimum absolute atomic E-state index is 0.182. The van der Waals surface area contributed by atoms with E-state index in [0.29, 0.717) is 25.4 Å². The van der Waals surface area contributed by atoms with Crippen molar-refractivity contribution < 1.29 is 31.0 Å². The number of halogens is 1. The number of nitrogens with zero attached hydrogens (tertiary/aromatic N) is 5. The van der Waals surface area contributed by atoms with Crippen LogP contribution in [-0.4, -0.2) is 48.3 Å². The average molecular weight is 625 g/mol. The van der Waals surface area contributed by atoms with E-state index in [1.54, 1.807) is 6.92 Å². The Hall–Kier alpha value is -2.51. The van der Waals surface area contributed by atoms with Gasteiger partial charge >= 0.3 is 161 Å². The van der Waals surface area contributed by atoms with E-state index in [2.05, 4.69) is 61.8 Å². The molecule has 0 bridgehead atoms. The monoisotopic (exact) mass is 624 g/mol. The number of carbonyl (C=O) groups excluding carboxylic acids is 1. The SMILES string of the molecule is C=C[I-]N/C=C(\C)c1cnc2c(Nc3cc(CN(CC)C(C)(C)COC(=O)CC)ns3)nc(C)cn12. The summed E-state index contributed by atoms with van der Waals surface area (Å²) in [5.74, 6) is 0.508. The summed E-state index contributed by atoms with van der Waals surface area (Å²) in [4.78, 5) is 23.2. The van der Waals surface area contributed by atoms with Crippen molar-refractivity contribution in [1.29, 1.82) is 0 Å². The van der Waals surface area contributed by atoms with Crippen molar-refractivity contribution in [2.24, 2.45) is 0 Å². The third-order valence-corrected chi connectivity index (χ3v) is 7.55. The number of likely N-dealkylation sites (N-methyl/N-ethyl adjacent to an activating group) is 1. The fourth-order valence-corrected chi connectivity index (χ4v) is 5.24. The topological polar surface area (TPSA) is 96.7 Å². The van der Waals surface area contributed by atoms with Crippen molar-refractivity contribution in [2.45, 2.75) is 60.0 Å². The van der Waals surface area contributed by atoms with E-state index >= 15 is 0 Å². The number of fused-ring (bicyclic) bond motifs is 1. The first-order valence-electron chi connectivity index (χ1n) is 11.8. The second kappa shape index (κ2) is 12.6. The Labute approximate surface area is 227 Å². The number of ether oxygens (including phenoxy) is 1. The van der Waals surface area contributed by atoms with Crippen LogP contribution in [0.15, 0.2) is 35.3 Å². The quantitative estimate of drug-likeness (QED) is 0.129. The van der Waals surface area contributed by atoms with Crippen LogP contribution in [0.5, 0.6) is 0 Å². The molecule has 0 saturated heterocycles. The Balaban J connectivity index is 1.77. The molecule has 9 nitrogen and oxygen atoms in total. The molecule has 0 spiro atoms. The van der Waals surface area contributed by atoms with Gasteiger partial charge in [-0.1, -0.05) is 13.8 Å². The van der Waals surface area contributed by atoms with Crippen LogP contribution in [0.25, 0.3) is 11.2 Å². The van der Waals surface area contributed by atoms with Gasteiger partial charge in [-0.2, -0.15) is 0 Å². The zero-order chi connectivity index (χ0) is 26.3. The van der Waals surface area contributed by atoms with Gasteiger partial charge in [-0.3, -0.25) is 9.69 Å². The van der Waals surface area contributed by atoms with Crippen molar-refractivity contribution >= 4 is 39.5 Å². The molecule has 0 amide bonds. The minimum atomic E-state index is -0.304. The zero-order valence-electron chi connectivity index (χ0n) is 21.8. The number of aromatic nitrogens is 4. The summed E-state index contributed by atoms with van der Waals surface area (Å²) in [6, 6.07) is 2.04. The van der Waals surface area contributed by atoms with Crippen molar-refractivity contribution in [3.05, 3.63) is 52.4 Å². The first kappa shape index (κ1) is 28.1. The fraction of sp³-hybridized carbons (Fsp3) is 0.440. The number of rotatable bonds is 13. The number of allylic oxidation sites excluding steroid dienone is 1. The third-order valence-electron chi connectivity index (χ3n) is 5.69. The zero-order valence-corrected chi connectivity index (χ0v) is 24.7. The molecule has 0 aliphatic heterocycles. The molecule has 3 aromatic rings. The predicted octanol–water partition coefficient (Wildman–Crippen LogP) is 1.89. The number of aryl methyl sites for hydroxylation is 1. The van der Waals surface area contributed by atoms with Gasteiger partial charge in [0.15, 0.2) is 0 Å². The van der Waals surface area contributed by atoms with Crippen LogP contribution < -0.4 is 30.3 Å². The molecule has 3 heterocycles. The van der Waals surface area contributed by atoms with Crippen molar-refractivity contribution in [3.63, 3.8) is 0 Å². The Kier molecular flexibility index (Phi) is 9.85. The van der Waals surface area contributed by atoms with E-state index in [4.69, 9.17) is 9.72 Å². The van der Waals surface area contributed by atoms with E-state index in [1.165, 1.54) is 11.5 Å². The molecule has 0 fully saturated rings. The Morgan fingerprint density at radius 3 is 2.86 bits per heavy atom. The standard InChI is InChI=1S/C25H35IN7O2S/c1-8-22(34)35-16-25(6,7)32(10-3)15-19-11-21(36-31-19)30-23-24-27-13-20(17(4)12-28-26-9-2)33(24)14-18(5)29-23/h9,11-14,28H,2,8,10,15-16H2,1,3-7H3,(H,29,30)/q-1/b17-12+. The molecule has 0 saturated carbocycles. The maximum atomic E-state index is 11.6. The molecule has 3 rings (SSSR count). The van der Waals surface area contributed by atoms with Crippen LogP contribution in [0.3, 0.4) is 0 Å². The average Bonchev–Trinajstić information content (AvgIpc) is 3.47. The molecule has 0 aromatic carbocycles. The van der Waals surface area contributed by atoms with Gasteiger partial charge in [0.25, 0.3) is 0 Å². The molecule has 36 heavy (non-hydrogen) atoms. The van der Waals surface area contributed by atoms with Crippen LogP contribution in [0.2, 0.25) is 0 Å². The van der Waals surface area contributed by atoms with Crippen LogP contribution in [-0.2, 0) is 16.1 Å². The van der Waals surface area contributed by atoms with Crippen LogP contribution >= 0.6 is 11.5 Å². The molecule has 3 aromatic heterocycles. The molecule has 0 aliphatic carbocycles. The normalized spacial score (nSPS) is 12.4. The number of nitrogens with one attached hydrogen (secondary N) is 2. The molecule has 0 aliphatic rings. The summed E-state index contributed by atoms with van der Waals surface area (Å²) < 4.78 is 17.4. The molecule has 0 atom stereocenters. The number of hydrogen-bond acceptors (Lipinski definition) is 9. The van der Waals surface area contributed by atoms with Gasteiger partial charge in [-0.25, -0.2) is 0 Å². The van der Waals surface area contributed by atoms with Crippen LogP contribution in [0.4, 0.5) is 10.8 Å². The van der Waals surface area contributed by atoms with E-state index in [0.717, 1.165) is 39.8 Å².